The van der Waals surface area contributed by atoms with E-state index in [0.29, 0.717) is 17.7 Å². The molecule has 0 unspecified atom stereocenters. The van der Waals surface area contributed by atoms with E-state index in [0.717, 1.165) is 5.56 Å². The molecule has 0 aliphatic carbocycles. The van der Waals surface area contributed by atoms with Crippen molar-refractivity contribution in [1.82, 2.24) is 5.43 Å². The van der Waals surface area contributed by atoms with Crippen LogP contribution >= 0.6 is 0 Å². The van der Waals surface area contributed by atoms with E-state index in [2.05, 4.69) is 12.0 Å². The second-order valence-corrected chi connectivity index (χ2v) is 2.99. The van der Waals surface area contributed by atoms with Gasteiger partial charge in [-0.05, 0) is 30.2 Å². The summed E-state index contributed by atoms with van der Waals surface area (Å²) < 4.78 is 5.07. The fraction of sp³-hybridized carbons (Fsp3) is 0.182. The minimum Gasteiger partial charge on any atom is -0.497 e. The SMILES string of the molecule is C=CCc1cc(OC)ccc1C(=O)NN. The molecule has 0 saturated carbocycles. The summed E-state index contributed by atoms with van der Waals surface area (Å²) in [5.41, 5.74) is 3.48. The fourth-order valence-electron chi connectivity index (χ4n) is 1.32. The van der Waals surface area contributed by atoms with Gasteiger partial charge >= 0.3 is 0 Å². The van der Waals surface area contributed by atoms with Crippen molar-refractivity contribution in [1.29, 1.82) is 0 Å². The van der Waals surface area contributed by atoms with Gasteiger partial charge < -0.3 is 4.74 Å². The van der Waals surface area contributed by atoms with Crippen LogP contribution in [0.25, 0.3) is 0 Å². The Morgan fingerprint density at radius 1 is 1.67 bits per heavy atom. The Morgan fingerprint density at radius 2 is 2.40 bits per heavy atom. The van der Waals surface area contributed by atoms with Crippen LogP contribution in [-0.4, -0.2) is 13.0 Å². The largest absolute Gasteiger partial charge is 0.497 e. The van der Waals surface area contributed by atoms with Crippen molar-refractivity contribution in [2.24, 2.45) is 5.84 Å². The molecular formula is C11H14N2O2. The Bertz CT molecular complexity index is 375. The van der Waals surface area contributed by atoms with Crippen molar-refractivity contribution >= 4 is 5.91 Å². The number of methoxy groups -OCH3 is 1. The number of hydrogen-bond donors (Lipinski definition) is 2. The van der Waals surface area contributed by atoms with Crippen molar-refractivity contribution in [2.75, 3.05) is 7.11 Å². The number of carbonyl (C=O) groups excluding carboxylic acids is 1. The van der Waals surface area contributed by atoms with Crippen molar-refractivity contribution in [3.8, 4) is 5.75 Å². The Labute approximate surface area is 88.7 Å². The third-order valence-electron chi connectivity index (χ3n) is 2.05. The van der Waals surface area contributed by atoms with Crippen LogP contribution in [0, 0.1) is 0 Å². The molecule has 0 atom stereocenters. The number of ether oxygens (including phenoxy) is 1. The van der Waals surface area contributed by atoms with Crippen molar-refractivity contribution in [3.63, 3.8) is 0 Å². The molecule has 3 N–H and O–H groups in total. The predicted octanol–water partition coefficient (Wildman–Crippen LogP) is 1.03. The van der Waals surface area contributed by atoms with E-state index < -0.39 is 0 Å². The van der Waals surface area contributed by atoms with E-state index in [-0.39, 0.29) is 5.91 Å². The van der Waals surface area contributed by atoms with Crippen LogP contribution in [0.15, 0.2) is 30.9 Å². The highest BCUT2D eigenvalue weighted by Gasteiger charge is 2.09. The minimum absolute atomic E-state index is 0.311. The molecule has 1 aromatic carbocycles. The number of nitrogens with two attached hydrogens (primary N) is 1. The number of carbonyl (C=O) groups is 1. The van der Waals surface area contributed by atoms with Crippen LogP contribution in [0.3, 0.4) is 0 Å². The van der Waals surface area contributed by atoms with E-state index in [1.807, 2.05) is 0 Å². The molecule has 0 saturated heterocycles. The summed E-state index contributed by atoms with van der Waals surface area (Å²) in [6.07, 6.45) is 2.32. The Kier molecular flexibility index (Phi) is 3.88. The lowest BCUT2D eigenvalue weighted by atomic mass is 10.0. The molecule has 0 aromatic heterocycles. The summed E-state index contributed by atoms with van der Waals surface area (Å²) in [5, 5.41) is 0. The standard InChI is InChI=1S/C11H14N2O2/c1-3-4-8-7-9(15-2)5-6-10(8)11(14)13-12/h3,5-7H,1,4,12H2,2H3,(H,13,14). The number of amides is 1. The van der Waals surface area contributed by atoms with Crippen LogP contribution in [0.5, 0.6) is 5.75 Å². The number of benzene rings is 1. The first-order chi connectivity index (χ1) is 7.22. The summed E-state index contributed by atoms with van der Waals surface area (Å²) in [5.74, 6) is 5.48. The normalized spacial score (nSPS) is 9.47. The van der Waals surface area contributed by atoms with Gasteiger partial charge in [-0.2, -0.15) is 0 Å². The first-order valence-electron chi connectivity index (χ1n) is 4.51. The van der Waals surface area contributed by atoms with Crippen LogP contribution in [0.4, 0.5) is 0 Å². The summed E-state index contributed by atoms with van der Waals surface area (Å²) in [7, 11) is 1.58. The monoisotopic (exact) mass is 206 g/mol. The quantitative estimate of drug-likeness (QED) is 0.334. The van der Waals surface area contributed by atoms with Gasteiger partial charge in [-0.1, -0.05) is 6.08 Å². The molecule has 1 rings (SSSR count). The van der Waals surface area contributed by atoms with Gasteiger partial charge in [0.2, 0.25) is 0 Å². The second kappa shape index (κ2) is 5.17. The molecule has 0 spiro atoms. The second-order valence-electron chi connectivity index (χ2n) is 2.99. The molecule has 0 aliphatic rings. The molecule has 4 heteroatoms. The number of allylic oxidation sites excluding steroid dienone is 1. The van der Waals surface area contributed by atoms with E-state index in [1.165, 1.54) is 0 Å². The van der Waals surface area contributed by atoms with Crippen LogP contribution in [0.1, 0.15) is 15.9 Å². The molecule has 0 heterocycles. The van der Waals surface area contributed by atoms with Crippen LogP contribution in [-0.2, 0) is 6.42 Å². The Morgan fingerprint density at radius 3 is 2.93 bits per heavy atom. The van der Waals surface area contributed by atoms with E-state index in [1.54, 1.807) is 31.4 Å². The van der Waals surface area contributed by atoms with E-state index >= 15 is 0 Å². The Balaban J connectivity index is 3.13. The summed E-state index contributed by atoms with van der Waals surface area (Å²) in [6.45, 7) is 3.63. The van der Waals surface area contributed by atoms with Crippen molar-refractivity contribution in [3.05, 3.63) is 42.0 Å². The lowest BCUT2D eigenvalue weighted by molar-refractivity contribution is 0.0953. The lowest BCUT2D eigenvalue weighted by Gasteiger charge is -2.08. The number of hydrogen-bond acceptors (Lipinski definition) is 3. The molecule has 0 aliphatic heterocycles. The van der Waals surface area contributed by atoms with Gasteiger partial charge in [0.15, 0.2) is 0 Å². The smallest absolute Gasteiger partial charge is 0.265 e. The maximum absolute atomic E-state index is 11.4. The summed E-state index contributed by atoms with van der Waals surface area (Å²) >= 11 is 0. The Hall–Kier alpha value is -1.81. The summed E-state index contributed by atoms with van der Waals surface area (Å²) in [6, 6.07) is 5.20. The van der Waals surface area contributed by atoms with Gasteiger partial charge in [0.25, 0.3) is 5.91 Å². The first kappa shape index (κ1) is 11.3. The molecule has 1 aromatic rings. The number of hydrazine groups is 1. The van der Waals surface area contributed by atoms with Gasteiger partial charge in [-0.3, -0.25) is 10.2 Å². The average molecular weight is 206 g/mol. The zero-order valence-electron chi connectivity index (χ0n) is 8.62. The highest BCUT2D eigenvalue weighted by Crippen LogP contribution is 2.18. The summed E-state index contributed by atoms with van der Waals surface area (Å²) in [4.78, 5) is 11.4. The molecular weight excluding hydrogens is 192 g/mol. The minimum atomic E-state index is -0.311. The van der Waals surface area contributed by atoms with Gasteiger partial charge in [0.1, 0.15) is 5.75 Å². The molecule has 80 valence electrons. The average Bonchev–Trinajstić information content (AvgIpc) is 2.28. The number of nitrogen functional groups attached to an aromatic ring is 1. The number of rotatable bonds is 4. The van der Waals surface area contributed by atoms with Gasteiger partial charge in [-0.25, -0.2) is 5.84 Å². The molecule has 0 fully saturated rings. The molecule has 1 amide bonds. The zero-order valence-corrected chi connectivity index (χ0v) is 8.62. The maximum Gasteiger partial charge on any atom is 0.265 e. The molecule has 0 radical (unpaired) electrons. The van der Waals surface area contributed by atoms with Crippen LogP contribution in [0.2, 0.25) is 0 Å². The first-order valence-corrected chi connectivity index (χ1v) is 4.51. The number of nitrogens with one attached hydrogen (secondary N) is 1. The maximum atomic E-state index is 11.4. The predicted molar refractivity (Wildman–Crippen MR) is 58.5 cm³/mol. The van der Waals surface area contributed by atoms with E-state index in [9.17, 15) is 4.79 Å². The fourth-order valence-corrected chi connectivity index (χ4v) is 1.32. The highest BCUT2D eigenvalue weighted by atomic mass is 16.5. The van der Waals surface area contributed by atoms with Gasteiger partial charge in [0, 0.05) is 5.56 Å². The highest BCUT2D eigenvalue weighted by molar-refractivity contribution is 5.95. The van der Waals surface area contributed by atoms with E-state index in [4.69, 9.17) is 10.6 Å². The topological polar surface area (TPSA) is 64.3 Å². The zero-order chi connectivity index (χ0) is 11.3. The van der Waals surface area contributed by atoms with Crippen molar-refractivity contribution < 1.29 is 9.53 Å². The van der Waals surface area contributed by atoms with Crippen LogP contribution < -0.4 is 16.0 Å². The third-order valence-corrected chi connectivity index (χ3v) is 2.05. The molecule has 4 nitrogen and oxygen atoms in total. The van der Waals surface area contributed by atoms with Crippen molar-refractivity contribution in [2.45, 2.75) is 6.42 Å². The van der Waals surface area contributed by atoms with Gasteiger partial charge in [0.05, 0.1) is 7.11 Å². The van der Waals surface area contributed by atoms with Gasteiger partial charge in [-0.15, -0.1) is 6.58 Å². The molecule has 15 heavy (non-hydrogen) atoms. The third kappa shape index (κ3) is 2.57. The lowest BCUT2D eigenvalue weighted by Crippen LogP contribution is -2.30. The molecule has 0 bridgehead atoms.